The Hall–Kier alpha value is -1.26. The Labute approximate surface area is 115 Å². The van der Waals surface area contributed by atoms with Crippen LogP contribution in [0, 0.1) is 0 Å². The standard InChI is InChI=1S/C15H24N2O2/c1-19-15-8-7-11(9-13(15)16)14(18)10-17-12-5-3-2-4-6-12/h7-9,12,14,17-18H,2-6,10,16H2,1H3. The lowest BCUT2D eigenvalue weighted by Gasteiger charge is -2.24. The maximum atomic E-state index is 10.2. The molecular formula is C15H24N2O2. The Morgan fingerprint density at radius 1 is 1.37 bits per heavy atom. The molecule has 1 aliphatic rings. The van der Waals surface area contributed by atoms with Crippen LogP contribution in [0.3, 0.4) is 0 Å². The fourth-order valence-electron chi connectivity index (χ4n) is 2.66. The summed E-state index contributed by atoms with van der Waals surface area (Å²) in [6.45, 7) is 0.580. The maximum Gasteiger partial charge on any atom is 0.141 e. The second-order valence-electron chi connectivity index (χ2n) is 5.26. The van der Waals surface area contributed by atoms with Crippen molar-refractivity contribution >= 4 is 5.69 Å². The van der Waals surface area contributed by atoms with E-state index in [4.69, 9.17) is 10.5 Å². The molecule has 4 N–H and O–H groups in total. The van der Waals surface area contributed by atoms with Gasteiger partial charge in [0.1, 0.15) is 5.75 Å². The zero-order chi connectivity index (χ0) is 13.7. The van der Waals surface area contributed by atoms with Gasteiger partial charge in [-0.3, -0.25) is 0 Å². The number of rotatable bonds is 5. The molecule has 1 aromatic carbocycles. The van der Waals surface area contributed by atoms with Gasteiger partial charge in [-0.05, 0) is 30.5 Å². The van der Waals surface area contributed by atoms with Crippen LogP contribution in [0.4, 0.5) is 5.69 Å². The van der Waals surface area contributed by atoms with Gasteiger partial charge in [0.05, 0.1) is 18.9 Å². The highest BCUT2D eigenvalue weighted by atomic mass is 16.5. The van der Waals surface area contributed by atoms with Crippen molar-refractivity contribution in [2.45, 2.75) is 44.2 Å². The first-order chi connectivity index (χ1) is 9.20. The highest BCUT2D eigenvalue weighted by molar-refractivity contribution is 5.54. The second-order valence-corrected chi connectivity index (χ2v) is 5.26. The smallest absolute Gasteiger partial charge is 0.141 e. The van der Waals surface area contributed by atoms with Crippen LogP contribution in [0.25, 0.3) is 0 Å². The van der Waals surface area contributed by atoms with Crippen LogP contribution in [0.1, 0.15) is 43.8 Å². The quantitative estimate of drug-likeness (QED) is 0.713. The second kappa shape index (κ2) is 6.78. The van der Waals surface area contributed by atoms with E-state index in [0.29, 0.717) is 24.0 Å². The van der Waals surface area contributed by atoms with E-state index in [1.54, 1.807) is 19.2 Å². The first-order valence-corrected chi connectivity index (χ1v) is 7.05. The highest BCUT2D eigenvalue weighted by Crippen LogP contribution is 2.25. The van der Waals surface area contributed by atoms with E-state index in [1.165, 1.54) is 32.1 Å². The van der Waals surface area contributed by atoms with Crippen molar-refractivity contribution < 1.29 is 9.84 Å². The third-order valence-electron chi connectivity index (χ3n) is 3.84. The Morgan fingerprint density at radius 3 is 2.74 bits per heavy atom. The molecule has 4 heteroatoms. The number of methoxy groups -OCH3 is 1. The monoisotopic (exact) mass is 264 g/mol. The van der Waals surface area contributed by atoms with Crippen LogP contribution in [0.5, 0.6) is 5.75 Å². The molecule has 0 aromatic heterocycles. The fourth-order valence-corrected chi connectivity index (χ4v) is 2.66. The summed E-state index contributed by atoms with van der Waals surface area (Å²) in [4.78, 5) is 0. The first-order valence-electron chi connectivity index (χ1n) is 7.05. The Kier molecular flexibility index (Phi) is 5.05. The molecular weight excluding hydrogens is 240 g/mol. The van der Waals surface area contributed by atoms with Crippen molar-refractivity contribution in [3.05, 3.63) is 23.8 Å². The van der Waals surface area contributed by atoms with Gasteiger partial charge in [0, 0.05) is 12.6 Å². The van der Waals surface area contributed by atoms with Gasteiger partial charge in [0.2, 0.25) is 0 Å². The zero-order valence-corrected chi connectivity index (χ0v) is 11.6. The van der Waals surface area contributed by atoms with E-state index in [2.05, 4.69) is 5.32 Å². The number of hydrogen-bond donors (Lipinski definition) is 3. The van der Waals surface area contributed by atoms with E-state index in [0.717, 1.165) is 5.56 Å². The average molecular weight is 264 g/mol. The van der Waals surface area contributed by atoms with Crippen LogP contribution in [-0.2, 0) is 0 Å². The minimum absolute atomic E-state index is 0.518. The van der Waals surface area contributed by atoms with Crippen LogP contribution < -0.4 is 15.8 Å². The zero-order valence-electron chi connectivity index (χ0n) is 11.6. The summed E-state index contributed by atoms with van der Waals surface area (Å²) in [6, 6.07) is 6.00. The molecule has 2 rings (SSSR count). The molecule has 19 heavy (non-hydrogen) atoms. The molecule has 0 amide bonds. The molecule has 1 unspecified atom stereocenters. The SMILES string of the molecule is COc1ccc(C(O)CNC2CCCCC2)cc1N. The van der Waals surface area contributed by atoms with Crippen molar-refractivity contribution in [1.29, 1.82) is 0 Å². The number of nitrogens with two attached hydrogens (primary N) is 1. The fraction of sp³-hybridized carbons (Fsp3) is 0.600. The molecule has 1 fully saturated rings. The van der Waals surface area contributed by atoms with Gasteiger partial charge in [-0.25, -0.2) is 0 Å². The number of benzene rings is 1. The number of nitrogen functional groups attached to an aromatic ring is 1. The summed E-state index contributed by atoms with van der Waals surface area (Å²) in [6.07, 6.45) is 5.85. The largest absolute Gasteiger partial charge is 0.495 e. The van der Waals surface area contributed by atoms with Crippen molar-refractivity contribution in [1.82, 2.24) is 5.32 Å². The number of hydrogen-bond acceptors (Lipinski definition) is 4. The van der Waals surface area contributed by atoms with E-state index >= 15 is 0 Å². The van der Waals surface area contributed by atoms with E-state index in [1.807, 2.05) is 6.07 Å². The molecule has 0 bridgehead atoms. The highest BCUT2D eigenvalue weighted by Gasteiger charge is 2.15. The van der Waals surface area contributed by atoms with Crippen molar-refractivity contribution in [3.8, 4) is 5.75 Å². The summed E-state index contributed by atoms with van der Waals surface area (Å²) < 4.78 is 5.11. The van der Waals surface area contributed by atoms with Gasteiger partial charge in [0.15, 0.2) is 0 Å². The van der Waals surface area contributed by atoms with Gasteiger partial charge in [-0.15, -0.1) is 0 Å². The molecule has 1 atom stereocenters. The van der Waals surface area contributed by atoms with Crippen molar-refractivity contribution in [3.63, 3.8) is 0 Å². The maximum absolute atomic E-state index is 10.2. The van der Waals surface area contributed by atoms with E-state index in [-0.39, 0.29) is 0 Å². The Balaban J connectivity index is 1.88. The molecule has 1 aromatic rings. The Morgan fingerprint density at radius 2 is 2.11 bits per heavy atom. The molecule has 1 aliphatic carbocycles. The van der Waals surface area contributed by atoms with Crippen LogP contribution in [0.15, 0.2) is 18.2 Å². The summed E-state index contributed by atoms with van der Waals surface area (Å²) in [5, 5.41) is 13.6. The minimum Gasteiger partial charge on any atom is -0.495 e. The van der Waals surface area contributed by atoms with Gasteiger partial charge < -0.3 is 20.9 Å². The van der Waals surface area contributed by atoms with Crippen molar-refractivity contribution in [2.75, 3.05) is 19.4 Å². The normalized spacial score (nSPS) is 18.2. The van der Waals surface area contributed by atoms with Crippen LogP contribution in [0.2, 0.25) is 0 Å². The summed E-state index contributed by atoms with van der Waals surface area (Å²) in [7, 11) is 1.59. The van der Waals surface area contributed by atoms with Gasteiger partial charge in [-0.2, -0.15) is 0 Å². The molecule has 4 nitrogen and oxygen atoms in total. The third-order valence-corrected chi connectivity index (χ3v) is 3.84. The number of anilines is 1. The molecule has 0 spiro atoms. The summed E-state index contributed by atoms with van der Waals surface area (Å²) >= 11 is 0. The predicted molar refractivity (Wildman–Crippen MR) is 77.2 cm³/mol. The average Bonchev–Trinajstić information content (AvgIpc) is 2.45. The van der Waals surface area contributed by atoms with E-state index in [9.17, 15) is 5.11 Å². The Bertz CT molecular complexity index is 403. The topological polar surface area (TPSA) is 67.5 Å². The molecule has 0 heterocycles. The predicted octanol–water partition coefficient (Wildman–Crippen LogP) is 2.23. The van der Waals surface area contributed by atoms with Gasteiger partial charge >= 0.3 is 0 Å². The number of ether oxygens (including phenoxy) is 1. The molecule has 0 saturated heterocycles. The summed E-state index contributed by atoms with van der Waals surface area (Å²) in [5.41, 5.74) is 7.25. The lowest BCUT2D eigenvalue weighted by Crippen LogP contribution is -2.34. The minimum atomic E-state index is -0.518. The number of nitrogens with one attached hydrogen (secondary N) is 1. The lowest BCUT2D eigenvalue weighted by molar-refractivity contribution is 0.165. The van der Waals surface area contributed by atoms with Crippen LogP contribution >= 0.6 is 0 Å². The molecule has 0 aliphatic heterocycles. The lowest BCUT2D eigenvalue weighted by atomic mass is 9.95. The molecule has 0 radical (unpaired) electrons. The van der Waals surface area contributed by atoms with E-state index < -0.39 is 6.10 Å². The van der Waals surface area contributed by atoms with Gasteiger partial charge in [-0.1, -0.05) is 25.3 Å². The third kappa shape index (κ3) is 3.85. The molecule has 1 saturated carbocycles. The number of aliphatic hydroxyl groups is 1. The van der Waals surface area contributed by atoms with Crippen molar-refractivity contribution in [2.24, 2.45) is 0 Å². The van der Waals surface area contributed by atoms with Crippen LogP contribution in [-0.4, -0.2) is 24.8 Å². The first kappa shape index (κ1) is 14.2. The number of aliphatic hydroxyl groups excluding tert-OH is 1. The summed E-state index contributed by atoms with van der Waals surface area (Å²) in [5.74, 6) is 0.649. The molecule has 106 valence electrons. The van der Waals surface area contributed by atoms with Gasteiger partial charge in [0.25, 0.3) is 0 Å².